The van der Waals surface area contributed by atoms with Crippen molar-refractivity contribution in [2.45, 2.75) is 38.4 Å². The monoisotopic (exact) mass is 283 g/mol. The molecule has 1 aliphatic heterocycles. The maximum atomic E-state index is 11.8. The van der Waals surface area contributed by atoms with Crippen LogP contribution in [0.4, 0.5) is 13.2 Å². The number of ether oxygens (including phenoxy) is 2. The Balaban J connectivity index is 2.19. The van der Waals surface area contributed by atoms with Gasteiger partial charge in [0.2, 0.25) is 0 Å². The zero-order valence-electron chi connectivity index (χ0n) is 11.0. The molecule has 112 valence electrons. The lowest BCUT2D eigenvalue weighted by Crippen LogP contribution is -2.38. The molecule has 1 aliphatic rings. The largest absolute Gasteiger partial charge is 0.465 e. The normalized spacial score (nSPS) is 20.7. The highest BCUT2D eigenvalue weighted by molar-refractivity contribution is 5.76. The topological polar surface area (TPSA) is 38.8 Å². The van der Waals surface area contributed by atoms with Crippen LogP contribution in [0.1, 0.15) is 26.2 Å². The van der Waals surface area contributed by atoms with Gasteiger partial charge < -0.3 is 9.47 Å². The van der Waals surface area contributed by atoms with Crippen LogP contribution in [0.15, 0.2) is 0 Å². The first-order chi connectivity index (χ1) is 8.94. The smallest absolute Gasteiger partial charge is 0.411 e. The highest BCUT2D eigenvalue weighted by Crippen LogP contribution is 2.19. The molecule has 0 saturated carbocycles. The van der Waals surface area contributed by atoms with Crippen LogP contribution >= 0.6 is 0 Å². The van der Waals surface area contributed by atoms with Gasteiger partial charge in [0.1, 0.15) is 12.6 Å². The minimum absolute atomic E-state index is 0.0472. The molecule has 0 aromatic carbocycles. The number of halogens is 3. The lowest BCUT2D eigenvalue weighted by molar-refractivity contribution is -0.174. The molecule has 0 bridgehead atoms. The van der Waals surface area contributed by atoms with E-state index >= 15 is 0 Å². The Morgan fingerprint density at radius 1 is 1.42 bits per heavy atom. The molecule has 1 atom stereocenters. The Labute approximate surface area is 110 Å². The molecule has 0 radical (unpaired) electrons. The summed E-state index contributed by atoms with van der Waals surface area (Å²) in [5, 5.41) is 0. The summed E-state index contributed by atoms with van der Waals surface area (Å²) in [5.41, 5.74) is 0. The van der Waals surface area contributed by atoms with Gasteiger partial charge >= 0.3 is 12.1 Å². The van der Waals surface area contributed by atoms with Gasteiger partial charge in [-0.15, -0.1) is 0 Å². The van der Waals surface area contributed by atoms with Gasteiger partial charge in [-0.05, 0) is 32.7 Å². The fraction of sp³-hybridized carbons (Fsp3) is 0.917. The molecule has 0 amide bonds. The molecule has 0 spiro atoms. The van der Waals surface area contributed by atoms with Crippen molar-refractivity contribution < 1.29 is 27.4 Å². The number of alkyl halides is 3. The Morgan fingerprint density at radius 2 is 2.16 bits per heavy atom. The summed E-state index contributed by atoms with van der Waals surface area (Å²) < 4.78 is 45.0. The fourth-order valence-electron chi connectivity index (χ4n) is 2.16. The third-order valence-electron chi connectivity index (χ3n) is 2.92. The molecule has 1 rings (SSSR count). The van der Waals surface area contributed by atoms with E-state index in [0.29, 0.717) is 19.6 Å². The highest BCUT2D eigenvalue weighted by Gasteiger charge is 2.31. The van der Waals surface area contributed by atoms with E-state index in [9.17, 15) is 18.0 Å². The predicted molar refractivity (Wildman–Crippen MR) is 62.7 cm³/mol. The van der Waals surface area contributed by atoms with Crippen LogP contribution in [-0.4, -0.2) is 56.0 Å². The molecule has 1 heterocycles. The van der Waals surface area contributed by atoms with Gasteiger partial charge in [-0.2, -0.15) is 13.2 Å². The molecule has 0 aromatic rings. The first-order valence-electron chi connectivity index (χ1n) is 6.49. The minimum atomic E-state index is -4.28. The quantitative estimate of drug-likeness (QED) is 0.529. The first kappa shape index (κ1) is 16.2. The molecule has 1 fully saturated rings. The van der Waals surface area contributed by atoms with Gasteiger partial charge in [0.05, 0.1) is 6.61 Å². The Morgan fingerprint density at radius 3 is 2.79 bits per heavy atom. The van der Waals surface area contributed by atoms with E-state index in [-0.39, 0.29) is 18.6 Å². The van der Waals surface area contributed by atoms with Crippen LogP contribution in [0, 0.1) is 0 Å². The van der Waals surface area contributed by atoms with Crippen molar-refractivity contribution in [2.75, 3.05) is 32.9 Å². The zero-order chi connectivity index (χ0) is 14.3. The molecule has 19 heavy (non-hydrogen) atoms. The highest BCUT2D eigenvalue weighted by atomic mass is 19.4. The number of carbonyl (C=O) groups excluding carboxylic acids is 1. The molecule has 1 unspecified atom stereocenters. The second kappa shape index (κ2) is 7.69. The second-order valence-electron chi connectivity index (χ2n) is 4.47. The predicted octanol–water partition coefficient (Wildman–Crippen LogP) is 1.98. The summed E-state index contributed by atoms with van der Waals surface area (Å²) in [6.45, 7) is 2.27. The molecule has 0 N–H and O–H groups in total. The number of carbonyl (C=O) groups is 1. The van der Waals surface area contributed by atoms with E-state index in [1.54, 1.807) is 6.92 Å². The Hall–Kier alpha value is -0.820. The van der Waals surface area contributed by atoms with Crippen molar-refractivity contribution in [3.05, 3.63) is 0 Å². The van der Waals surface area contributed by atoms with Gasteiger partial charge in [0.25, 0.3) is 0 Å². The molecule has 1 saturated heterocycles. The van der Waals surface area contributed by atoms with Gasteiger partial charge in [0.15, 0.2) is 0 Å². The van der Waals surface area contributed by atoms with Crippen LogP contribution in [-0.2, 0) is 14.3 Å². The van der Waals surface area contributed by atoms with Crippen molar-refractivity contribution in [1.29, 1.82) is 0 Å². The van der Waals surface area contributed by atoms with E-state index in [1.165, 1.54) is 0 Å². The maximum Gasteiger partial charge on any atom is 0.411 e. The summed E-state index contributed by atoms with van der Waals surface area (Å²) in [7, 11) is 0. The van der Waals surface area contributed by atoms with E-state index in [1.807, 2.05) is 4.90 Å². The standard InChI is InChI=1S/C12H20F3NO3/c1-2-19-11(17)10-5-3-6-16(10)7-4-8-18-9-12(13,14)15/h10H,2-9H2,1H3. The van der Waals surface area contributed by atoms with Crippen LogP contribution in [0.2, 0.25) is 0 Å². The van der Waals surface area contributed by atoms with Crippen molar-refractivity contribution in [1.82, 2.24) is 4.90 Å². The lowest BCUT2D eigenvalue weighted by Gasteiger charge is -2.22. The minimum Gasteiger partial charge on any atom is -0.465 e. The van der Waals surface area contributed by atoms with E-state index < -0.39 is 12.8 Å². The van der Waals surface area contributed by atoms with Crippen LogP contribution < -0.4 is 0 Å². The molecule has 4 nitrogen and oxygen atoms in total. The summed E-state index contributed by atoms with van der Waals surface area (Å²) in [5.74, 6) is -0.240. The first-order valence-corrected chi connectivity index (χ1v) is 6.49. The number of hydrogen-bond donors (Lipinski definition) is 0. The van der Waals surface area contributed by atoms with Gasteiger partial charge in [-0.3, -0.25) is 9.69 Å². The average Bonchev–Trinajstić information content (AvgIpc) is 2.75. The van der Waals surface area contributed by atoms with Crippen molar-refractivity contribution in [3.63, 3.8) is 0 Å². The van der Waals surface area contributed by atoms with E-state index in [4.69, 9.17) is 4.74 Å². The van der Waals surface area contributed by atoms with Crippen LogP contribution in [0.3, 0.4) is 0 Å². The van der Waals surface area contributed by atoms with Crippen LogP contribution in [0.25, 0.3) is 0 Å². The van der Waals surface area contributed by atoms with Crippen molar-refractivity contribution in [3.8, 4) is 0 Å². The summed E-state index contributed by atoms with van der Waals surface area (Å²) >= 11 is 0. The maximum absolute atomic E-state index is 11.8. The third-order valence-corrected chi connectivity index (χ3v) is 2.92. The number of likely N-dealkylation sites (tertiary alicyclic amines) is 1. The van der Waals surface area contributed by atoms with Crippen LogP contribution in [0.5, 0.6) is 0 Å². The Bertz CT molecular complexity index is 284. The van der Waals surface area contributed by atoms with Crippen molar-refractivity contribution >= 4 is 5.97 Å². The lowest BCUT2D eigenvalue weighted by atomic mass is 10.2. The van der Waals surface area contributed by atoms with Gasteiger partial charge in [-0.25, -0.2) is 0 Å². The fourth-order valence-corrected chi connectivity index (χ4v) is 2.16. The number of esters is 1. The van der Waals surface area contributed by atoms with E-state index in [0.717, 1.165) is 19.4 Å². The zero-order valence-corrected chi connectivity index (χ0v) is 11.0. The second-order valence-corrected chi connectivity index (χ2v) is 4.47. The van der Waals surface area contributed by atoms with Gasteiger partial charge in [0, 0.05) is 13.2 Å². The summed E-state index contributed by atoms with van der Waals surface area (Å²) in [6.07, 6.45) is -2.14. The number of hydrogen-bond acceptors (Lipinski definition) is 4. The van der Waals surface area contributed by atoms with Gasteiger partial charge in [-0.1, -0.05) is 0 Å². The molecular formula is C12H20F3NO3. The summed E-state index contributed by atoms with van der Waals surface area (Å²) in [4.78, 5) is 13.6. The average molecular weight is 283 g/mol. The Kier molecular flexibility index (Phi) is 6.57. The van der Waals surface area contributed by atoms with Crippen molar-refractivity contribution in [2.24, 2.45) is 0 Å². The number of rotatable bonds is 7. The summed E-state index contributed by atoms with van der Waals surface area (Å²) in [6, 6.07) is -0.248. The van der Waals surface area contributed by atoms with E-state index in [2.05, 4.69) is 4.74 Å². The molecule has 7 heteroatoms. The molecule has 0 aromatic heterocycles. The number of nitrogens with zero attached hydrogens (tertiary/aromatic N) is 1. The third kappa shape index (κ3) is 6.24. The molecule has 0 aliphatic carbocycles. The SMILES string of the molecule is CCOC(=O)C1CCCN1CCCOCC(F)(F)F. The molecular weight excluding hydrogens is 263 g/mol.